The van der Waals surface area contributed by atoms with E-state index in [1.807, 2.05) is 6.92 Å². The van der Waals surface area contributed by atoms with Crippen LogP contribution < -0.4 is 5.32 Å². The van der Waals surface area contributed by atoms with Crippen molar-refractivity contribution >= 4 is 0 Å². The second kappa shape index (κ2) is 5.18. The fraction of sp³-hybridized carbons (Fsp3) is 0.500. The zero-order chi connectivity index (χ0) is 12.2. The Hall–Kier alpha value is -1.26. The van der Waals surface area contributed by atoms with Crippen LogP contribution in [0.4, 0.5) is 0 Å². The molecule has 4 nitrogen and oxygen atoms in total. The summed E-state index contributed by atoms with van der Waals surface area (Å²) < 4.78 is 0. The quantitative estimate of drug-likeness (QED) is 0.610. The number of rotatable bonds is 5. The highest BCUT2D eigenvalue weighted by atomic mass is 16.3. The summed E-state index contributed by atoms with van der Waals surface area (Å²) >= 11 is 0. The normalized spacial score (nSPS) is 14.7. The first-order valence-corrected chi connectivity index (χ1v) is 5.38. The molecule has 4 heteroatoms. The third kappa shape index (κ3) is 3.72. The van der Waals surface area contributed by atoms with Crippen molar-refractivity contribution in [3.63, 3.8) is 0 Å². The molecule has 1 aromatic carbocycles. The van der Waals surface area contributed by atoms with E-state index in [9.17, 15) is 10.2 Å². The van der Waals surface area contributed by atoms with Gasteiger partial charge in [0.05, 0.1) is 5.60 Å². The van der Waals surface area contributed by atoms with E-state index < -0.39 is 5.60 Å². The molecule has 0 aromatic heterocycles. The van der Waals surface area contributed by atoms with E-state index in [2.05, 4.69) is 5.32 Å². The molecule has 0 saturated carbocycles. The molecule has 0 aliphatic carbocycles. The van der Waals surface area contributed by atoms with E-state index in [4.69, 9.17) is 5.11 Å². The Balaban J connectivity index is 2.49. The Morgan fingerprint density at radius 3 is 2.56 bits per heavy atom. The van der Waals surface area contributed by atoms with Crippen LogP contribution in [0.3, 0.4) is 0 Å². The minimum Gasteiger partial charge on any atom is -0.508 e. The van der Waals surface area contributed by atoms with Gasteiger partial charge in [-0.05, 0) is 19.4 Å². The average Bonchev–Trinajstić information content (AvgIpc) is 2.21. The first-order valence-electron chi connectivity index (χ1n) is 5.38. The minimum atomic E-state index is -0.730. The number of hydrogen-bond acceptors (Lipinski definition) is 4. The van der Waals surface area contributed by atoms with Crippen molar-refractivity contribution in [3.05, 3.63) is 23.8 Å². The first-order chi connectivity index (χ1) is 7.44. The lowest BCUT2D eigenvalue weighted by Gasteiger charge is -2.21. The van der Waals surface area contributed by atoms with E-state index in [0.717, 1.165) is 0 Å². The van der Waals surface area contributed by atoms with E-state index in [1.165, 1.54) is 12.1 Å². The maximum atomic E-state index is 9.75. The van der Waals surface area contributed by atoms with Crippen LogP contribution in [0, 0.1) is 0 Å². The van der Waals surface area contributed by atoms with Crippen LogP contribution in [0.1, 0.15) is 25.8 Å². The molecule has 1 atom stereocenters. The number of aliphatic hydroxyl groups is 1. The fourth-order valence-corrected chi connectivity index (χ4v) is 1.29. The van der Waals surface area contributed by atoms with Crippen molar-refractivity contribution in [3.8, 4) is 11.5 Å². The van der Waals surface area contributed by atoms with Crippen LogP contribution in [-0.2, 0) is 6.54 Å². The van der Waals surface area contributed by atoms with E-state index in [1.54, 1.807) is 13.0 Å². The van der Waals surface area contributed by atoms with E-state index in [-0.39, 0.29) is 11.5 Å². The molecule has 0 aliphatic rings. The fourth-order valence-electron chi connectivity index (χ4n) is 1.29. The van der Waals surface area contributed by atoms with Gasteiger partial charge < -0.3 is 20.6 Å². The molecule has 4 N–H and O–H groups in total. The molecule has 1 unspecified atom stereocenters. The molecule has 0 fully saturated rings. The number of aromatic hydroxyl groups is 2. The van der Waals surface area contributed by atoms with Gasteiger partial charge in [0.1, 0.15) is 11.5 Å². The van der Waals surface area contributed by atoms with Gasteiger partial charge >= 0.3 is 0 Å². The first kappa shape index (κ1) is 12.8. The van der Waals surface area contributed by atoms with Crippen molar-refractivity contribution in [2.24, 2.45) is 0 Å². The molecule has 0 saturated heterocycles. The largest absolute Gasteiger partial charge is 0.508 e. The molecule has 1 aromatic rings. The number of phenols is 2. The van der Waals surface area contributed by atoms with Crippen molar-refractivity contribution < 1.29 is 15.3 Å². The van der Waals surface area contributed by atoms with Crippen molar-refractivity contribution in [2.45, 2.75) is 32.4 Å². The highest BCUT2D eigenvalue weighted by molar-refractivity contribution is 5.38. The smallest absolute Gasteiger partial charge is 0.123 e. The van der Waals surface area contributed by atoms with Gasteiger partial charge in [0, 0.05) is 24.7 Å². The molecule has 0 bridgehead atoms. The van der Waals surface area contributed by atoms with E-state index in [0.29, 0.717) is 25.1 Å². The highest BCUT2D eigenvalue weighted by Crippen LogP contribution is 2.22. The Labute approximate surface area is 95.6 Å². The molecule has 90 valence electrons. The van der Waals surface area contributed by atoms with Gasteiger partial charge in [-0.1, -0.05) is 13.0 Å². The second-order valence-electron chi connectivity index (χ2n) is 4.27. The summed E-state index contributed by atoms with van der Waals surface area (Å²) in [5, 5.41) is 31.4. The summed E-state index contributed by atoms with van der Waals surface area (Å²) in [4.78, 5) is 0. The highest BCUT2D eigenvalue weighted by Gasteiger charge is 2.16. The number of nitrogens with one attached hydrogen (secondary N) is 1. The maximum absolute atomic E-state index is 9.75. The van der Waals surface area contributed by atoms with Gasteiger partial charge in [-0.2, -0.15) is 0 Å². The topological polar surface area (TPSA) is 72.7 Å². The minimum absolute atomic E-state index is 0.0433. The summed E-state index contributed by atoms with van der Waals surface area (Å²) in [6.07, 6.45) is 0.668. The molecule has 0 heterocycles. The monoisotopic (exact) mass is 225 g/mol. The van der Waals surface area contributed by atoms with Gasteiger partial charge in [0.15, 0.2) is 0 Å². The van der Waals surface area contributed by atoms with E-state index >= 15 is 0 Å². The number of hydrogen-bond donors (Lipinski definition) is 4. The van der Waals surface area contributed by atoms with Crippen LogP contribution in [0.25, 0.3) is 0 Å². The molecule has 0 spiro atoms. The van der Waals surface area contributed by atoms with Gasteiger partial charge in [0.2, 0.25) is 0 Å². The zero-order valence-electron chi connectivity index (χ0n) is 9.70. The van der Waals surface area contributed by atoms with Crippen LogP contribution >= 0.6 is 0 Å². The standard InChI is InChI=1S/C12H19NO3/c1-3-12(2,16)8-13-7-9-4-5-10(14)6-11(9)15/h4-6,13-16H,3,7-8H2,1-2H3. The summed E-state index contributed by atoms with van der Waals surface area (Å²) in [5.41, 5.74) is -0.0308. The molecule has 16 heavy (non-hydrogen) atoms. The molecule has 0 radical (unpaired) electrons. The van der Waals surface area contributed by atoms with Crippen LogP contribution in [0.5, 0.6) is 11.5 Å². The molecule has 0 aliphatic heterocycles. The average molecular weight is 225 g/mol. The number of benzene rings is 1. The van der Waals surface area contributed by atoms with Crippen LogP contribution in [0.2, 0.25) is 0 Å². The van der Waals surface area contributed by atoms with Gasteiger partial charge in [-0.3, -0.25) is 0 Å². The van der Waals surface area contributed by atoms with Crippen molar-refractivity contribution in [2.75, 3.05) is 6.54 Å². The van der Waals surface area contributed by atoms with Crippen molar-refractivity contribution in [1.29, 1.82) is 0 Å². The van der Waals surface area contributed by atoms with Crippen LogP contribution in [-0.4, -0.2) is 27.5 Å². The Bertz CT molecular complexity index is 350. The predicted molar refractivity (Wildman–Crippen MR) is 62.4 cm³/mol. The van der Waals surface area contributed by atoms with Crippen molar-refractivity contribution in [1.82, 2.24) is 5.32 Å². The Morgan fingerprint density at radius 2 is 2.00 bits per heavy atom. The number of phenolic OH excluding ortho intramolecular Hbond substituents is 2. The van der Waals surface area contributed by atoms with Gasteiger partial charge in [0.25, 0.3) is 0 Å². The Kier molecular flexibility index (Phi) is 4.15. The summed E-state index contributed by atoms with van der Waals surface area (Å²) in [6, 6.07) is 4.47. The SMILES string of the molecule is CCC(C)(O)CNCc1ccc(O)cc1O. The van der Waals surface area contributed by atoms with Gasteiger partial charge in [-0.25, -0.2) is 0 Å². The lowest BCUT2D eigenvalue weighted by atomic mass is 10.0. The summed E-state index contributed by atoms with van der Waals surface area (Å²) in [7, 11) is 0. The molecular weight excluding hydrogens is 206 g/mol. The third-order valence-electron chi connectivity index (χ3n) is 2.65. The lowest BCUT2D eigenvalue weighted by Crippen LogP contribution is -2.36. The molecule has 1 rings (SSSR count). The van der Waals surface area contributed by atoms with Crippen LogP contribution in [0.15, 0.2) is 18.2 Å². The molecular formula is C12H19NO3. The lowest BCUT2D eigenvalue weighted by molar-refractivity contribution is 0.0555. The Morgan fingerprint density at radius 1 is 1.31 bits per heavy atom. The third-order valence-corrected chi connectivity index (χ3v) is 2.65. The van der Waals surface area contributed by atoms with Gasteiger partial charge in [-0.15, -0.1) is 0 Å². The summed E-state index contributed by atoms with van der Waals surface area (Å²) in [6.45, 7) is 4.60. The maximum Gasteiger partial charge on any atom is 0.123 e. The molecule has 0 amide bonds. The predicted octanol–water partition coefficient (Wildman–Crippen LogP) is 1.35. The summed E-state index contributed by atoms with van der Waals surface area (Å²) in [5.74, 6) is 0.102. The second-order valence-corrected chi connectivity index (χ2v) is 4.27. The zero-order valence-corrected chi connectivity index (χ0v) is 9.70.